The van der Waals surface area contributed by atoms with Gasteiger partial charge >= 0.3 is 0 Å². The summed E-state index contributed by atoms with van der Waals surface area (Å²) in [5.41, 5.74) is 5.04. The molecule has 0 N–H and O–H groups in total. The van der Waals surface area contributed by atoms with Crippen LogP contribution in [0.15, 0.2) is 85.5 Å². The molecular formula is C22H20N2+2. The largest absolute Gasteiger partial charge is 0.208 e. The van der Waals surface area contributed by atoms with Gasteiger partial charge in [0.15, 0.2) is 24.8 Å². The molecule has 2 heteroatoms. The second kappa shape index (κ2) is 5.89. The molecule has 2 heterocycles. The molecule has 2 nitrogen and oxygen atoms in total. The van der Waals surface area contributed by atoms with E-state index < -0.39 is 0 Å². The van der Waals surface area contributed by atoms with E-state index in [1.165, 1.54) is 33.0 Å². The molecule has 0 saturated carbocycles. The molecule has 24 heavy (non-hydrogen) atoms. The molecule has 0 amide bonds. The number of aryl methyl sites for hydroxylation is 2. The molecule has 0 spiro atoms. The summed E-state index contributed by atoms with van der Waals surface area (Å²) in [6.07, 6.45) is 8.37. The third kappa shape index (κ3) is 2.56. The minimum atomic E-state index is 1.25. The van der Waals surface area contributed by atoms with Gasteiger partial charge in [-0.05, 0) is 33.0 Å². The van der Waals surface area contributed by atoms with Crippen LogP contribution in [0.25, 0.3) is 33.0 Å². The van der Waals surface area contributed by atoms with Crippen LogP contribution < -0.4 is 9.13 Å². The molecule has 2 aromatic heterocycles. The molecule has 0 radical (unpaired) electrons. The molecule has 0 saturated heterocycles. The van der Waals surface area contributed by atoms with Crippen LogP contribution in [0.3, 0.4) is 0 Å². The van der Waals surface area contributed by atoms with Crippen molar-refractivity contribution >= 4 is 10.8 Å². The first-order chi connectivity index (χ1) is 11.7. The summed E-state index contributed by atoms with van der Waals surface area (Å²) < 4.78 is 4.12. The van der Waals surface area contributed by atoms with E-state index in [0.29, 0.717) is 0 Å². The Balaban J connectivity index is 1.94. The van der Waals surface area contributed by atoms with Crippen LogP contribution in [0.1, 0.15) is 0 Å². The number of aromatic nitrogens is 2. The summed E-state index contributed by atoms with van der Waals surface area (Å²) in [6, 6.07) is 21.8. The molecular weight excluding hydrogens is 292 g/mol. The van der Waals surface area contributed by atoms with Gasteiger partial charge in [0.05, 0.1) is 0 Å². The first kappa shape index (κ1) is 14.6. The van der Waals surface area contributed by atoms with Gasteiger partial charge in [-0.2, -0.15) is 0 Å². The van der Waals surface area contributed by atoms with Crippen LogP contribution in [0, 0.1) is 0 Å². The molecule has 4 aromatic rings. The van der Waals surface area contributed by atoms with Gasteiger partial charge in [-0.3, -0.25) is 0 Å². The maximum atomic E-state index is 2.21. The second-order valence-corrected chi connectivity index (χ2v) is 6.21. The number of hydrogen-bond donors (Lipinski definition) is 0. The minimum Gasteiger partial charge on any atom is -0.208 e. The highest BCUT2D eigenvalue weighted by atomic mass is 14.9. The quantitative estimate of drug-likeness (QED) is 0.497. The first-order valence-electron chi connectivity index (χ1n) is 8.15. The Bertz CT molecular complexity index is 915. The van der Waals surface area contributed by atoms with Gasteiger partial charge in [0, 0.05) is 24.3 Å². The molecule has 0 unspecified atom stereocenters. The van der Waals surface area contributed by atoms with Gasteiger partial charge in [-0.25, -0.2) is 9.13 Å². The second-order valence-electron chi connectivity index (χ2n) is 6.21. The Morgan fingerprint density at radius 1 is 0.500 bits per heavy atom. The predicted molar refractivity (Wildman–Crippen MR) is 97.2 cm³/mol. The van der Waals surface area contributed by atoms with E-state index in [0.717, 1.165) is 0 Å². The number of rotatable bonds is 2. The highest BCUT2D eigenvalue weighted by Gasteiger charge is 2.09. The van der Waals surface area contributed by atoms with Crippen molar-refractivity contribution in [3.63, 3.8) is 0 Å². The molecule has 0 atom stereocenters. The van der Waals surface area contributed by atoms with Crippen molar-refractivity contribution in [2.24, 2.45) is 14.1 Å². The van der Waals surface area contributed by atoms with Crippen LogP contribution in [0.4, 0.5) is 0 Å². The third-order valence-electron chi connectivity index (χ3n) is 4.50. The van der Waals surface area contributed by atoms with E-state index in [2.05, 4.69) is 94.6 Å². The lowest BCUT2D eigenvalue weighted by molar-refractivity contribution is -0.671. The van der Waals surface area contributed by atoms with Crippen molar-refractivity contribution in [1.82, 2.24) is 0 Å². The highest BCUT2D eigenvalue weighted by Crippen LogP contribution is 2.34. The monoisotopic (exact) mass is 312 g/mol. The lowest BCUT2D eigenvalue weighted by Crippen LogP contribution is -2.25. The van der Waals surface area contributed by atoms with Gasteiger partial charge in [-0.15, -0.1) is 0 Å². The van der Waals surface area contributed by atoms with Gasteiger partial charge in [0.1, 0.15) is 14.1 Å². The van der Waals surface area contributed by atoms with Crippen molar-refractivity contribution in [3.05, 3.63) is 85.5 Å². The zero-order chi connectivity index (χ0) is 16.5. The number of fused-ring (bicyclic) bond motifs is 1. The van der Waals surface area contributed by atoms with Gasteiger partial charge in [0.25, 0.3) is 0 Å². The Labute approximate surface area is 142 Å². The molecule has 4 rings (SSSR count). The van der Waals surface area contributed by atoms with Crippen molar-refractivity contribution in [2.45, 2.75) is 0 Å². The van der Waals surface area contributed by atoms with E-state index in [9.17, 15) is 0 Å². The van der Waals surface area contributed by atoms with Crippen molar-refractivity contribution in [1.29, 1.82) is 0 Å². The summed E-state index contributed by atoms with van der Waals surface area (Å²) >= 11 is 0. The number of pyridine rings is 2. The highest BCUT2D eigenvalue weighted by molar-refractivity contribution is 6.04. The number of hydrogen-bond acceptors (Lipinski definition) is 0. The van der Waals surface area contributed by atoms with E-state index in [4.69, 9.17) is 0 Å². The zero-order valence-electron chi connectivity index (χ0n) is 14.0. The molecule has 116 valence electrons. The van der Waals surface area contributed by atoms with Crippen LogP contribution in [-0.4, -0.2) is 0 Å². The van der Waals surface area contributed by atoms with E-state index in [1.807, 2.05) is 14.1 Å². The van der Waals surface area contributed by atoms with Crippen LogP contribution in [-0.2, 0) is 14.1 Å². The maximum absolute atomic E-state index is 2.21. The SMILES string of the molecule is C[n+]1ccc(-c2cccc3c(-c4cc[n+](C)cc4)cccc23)cc1. The lowest BCUT2D eigenvalue weighted by Gasteiger charge is -2.10. The molecule has 0 aliphatic heterocycles. The van der Waals surface area contributed by atoms with E-state index in [1.54, 1.807) is 0 Å². The Hall–Kier alpha value is -3.00. The molecule has 0 fully saturated rings. The Morgan fingerprint density at radius 3 is 1.25 bits per heavy atom. The van der Waals surface area contributed by atoms with E-state index in [-0.39, 0.29) is 0 Å². The minimum absolute atomic E-state index is 1.25. The van der Waals surface area contributed by atoms with Crippen LogP contribution in [0.5, 0.6) is 0 Å². The van der Waals surface area contributed by atoms with Crippen LogP contribution >= 0.6 is 0 Å². The molecule has 0 aliphatic carbocycles. The summed E-state index contributed by atoms with van der Waals surface area (Å²) in [5, 5.41) is 2.58. The zero-order valence-corrected chi connectivity index (χ0v) is 14.0. The summed E-state index contributed by atoms with van der Waals surface area (Å²) in [4.78, 5) is 0. The van der Waals surface area contributed by atoms with Crippen molar-refractivity contribution in [3.8, 4) is 22.3 Å². The Morgan fingerprint density at radius 2 is 0.875 bits per heavy atom. The average Bonchev–Trinajstić information content (AvgIpc) is 2.62. The fourth-order valence-electron chi connectivity index (χ4n) is 3.17. The lowest BCUT2D eigenvalue weighted by atomic mass is 9.93. The fourth-order valence-corrected chi connectivity index (χ4v) is 3.17. The molecule has 0 bridgehead atoms. The van der Waals surface area contributed by atoms with Crippen LogP contribution in [0.2, 0.25) is 0 Å². The summed E-state index contributed by atoms with van der Waals surface area (Å²) in [6.45, 7) is 0. The molecule has 0 aliphatic rings. The summed E-state index contributed by atoms with van der Waals surface area (Å²) in [7, 11) is 4.08. The standard InChI is InChI=1S/C22H20N2/c1-23-13-9-17(10-14-23)19-5-3-8-22-20(6-4-7-21(19)22)18-11-15-24(2)16-12-18/h3-16H,1-2H3/q+2. The topological polar surface area (TPSA) is 7.76 Å². The van der Waals surface area contributed by atoms with Crippen molar-refractivity contribution < 1.29 is 9.13 Å². The number of benzene rings is 2. The van der Waals surface area contributed by atoms with Crippen molar-refractivity contribution in [2.75, 3.05) is 0 Å². The maximum Gasteiger partial charge on any atom is 0.169 e. The third-order valence-corrected chi connectivity index (χ3v) is 4.50. The van der Waals surface area contributed by atoms with E-state index >= 15 is 0 Å². The molecule has 2 aromatic carbocycles. The predicted octanol–water partition coefficient (Wildman–Crippen LogP) is 3.82. The van der Waals surface area contributed by atoms with Gasteiger partial charge < -0.3 is 0 Å². The fraction of sp³-hybridized carbons (Fsp3) is 0.0909. The normalized spacial score (nSPS) is 10.9. The smallest absolute Gasteiger partial charge is 0.169 e. The van der Waals surface area contributed by atoms with Gasteiger partial charge in [-0.1, -0.05) is 36.4 Å². The average molecular weight is 312 g/mol. The van der Waals surface area contributed by atoms with Gasteiger partial charge in [0.2, 0.25) is 0 Å². The Kier molecular flexibility index (Phi) is 3.58. The number of nitrogens with zero attached hydrogens (tertiary/aromatic N) is 2. The summed E-state index contributed by atoms with van der Waals surface area (Å²) in [5.74, 6) is 0. The first-order valence-corrected chi connectivity index (χ1v) is 8.15.